The van der Waals surface area contributed by atoms with Gasteiger partial charge in [0.15, 0.2) is 0 Å². The Kier molecular flexibility index (Phi) is 4.69. The van der Waals surface area contributed by atoms with Gasteiger partial charge in [0.25, 0.3) is 0 Å². The van der Waals surface area contributed by atoms with Crippen molar-refractivity contribution in [3.63, 3.8) is 0 Å². The third-order valence-corrected chi connectivity index (χ3v) is 26.7. The lowest BCUT2D eigenvalue weighted by atomic mass is 10.6. The summed E-state index contributed by atoms with van der Waals surface area (Å²) in [6.07, 6.45) is 0. The highest BCUT2D eigenvalue weighted by Gasteiger charge is 2.48. The Hall–Kier alpha value is 0.651. The van der Waals surface area contributed by atoms with Crippen molar-refractivity contribution in [1.29, 1.82) is 0 Å². The van der Waals surface area contributed by atoms with Crippen LogP contribution in [0.25, 0.3) is 0 Å². The number of rotatable bonds is 4. The molecule has 0 aliphatic heterocycles. The zero-order valence-electron chi connectivity index (χ0n) is 12.7. The molecule has 0 unspecified atom stereocenters. The average Bonchev–Trinajstić information content (AvgIpc) is 1.76. The fourth-order valence-electron chi connectivity index (χ4n) is 3.86. The van der Waals surface area contributed by atoms with Crippen molar-refractivity contribution in [3.8, 4) is 0 Å². The Morgan fingerprint density at radius 1 is 0.600 bits per heavy atom. The summed E-state index contributed by atoms with van der Waals surface area (Å²) in [6, 6.07) is 0. The van der Waals surface area contributed by atoms with E-state index in [9.17, 15) is 0 Å². The molecule has 0 rings (SSSR count). The lowest BCUT2D eigenvalue weighted by Gasteiger charge is -2.49. The quantitative estimate of drug-likeness (QED) is 0.607. The van der Waals surface area contributed by atoms with Gasteiger partial charge < -0.3 is 0 Å². The van der Waals surface area contributed by atoms with Crippen molar-refractivity contribution in [2.24, 2.45) is 0 Å². The lowest BCUT2D eigenvalue weighted by molar-refractivity contribution is 0.991. The largest absolute Gasteiger partial charge is 0.0698 e. The second-order valence-electron chi connectivity index (χ2n) is 8.14. The Bertz CT molecular complexity index is 192. The van der Waals surface area contributed by atoms with Gasteiger partial charge in [0, 0.05) is 24.2 Å². The zero-order chi connectivity index (χ0) is 12.7. The minimum absolute atomic E-state index is 0.931. The molecule has 0 aliphatic carbocycles. The van der Waals surface area contributed by atoms with Gasteiger partial charge >= 0.3 is 0 Å². The van der Waals surface area contributed by atoms with Crippen molar-refractivity contribution in [2.45, 2.75) is 76.6 Å². The molecule has 0 atom stereocenters. The summed E-state index contributed by atoms with van der Waals surface area (Å²) in [6.45, 7) is 25.7. The van der Waals surface area contributed by atoms with E-state index in [0.29, 0.717) is 0 Å². The van der Waals surface area contributed by atoms with Crippen LogP contribution in [0.15, 0.2) is 0 Å². The van der Waals surface area contributed by atoms with Crippen molar-refractivity contribution in [1.82, 2.24) is 0 Å². The molecule has 0 N–H and O–H groups in total. The molecule has 0 saturated carbocycles. The van der Waals surface area contributed by atoms with Gasteiger partial charge in [0.2, 0.25) is 0 Å². The van der Waals surface area contributed by atoms with Gasteiger partial charge in [0.1, 0.15) is 0 Å². The highest BCUT2D eigenvalue weighted by molar-refractivity contribution is 7.12. The molecule has 0 aromatic heterocycles. The predicted molar refractivity (Wildman–Crippen MR) is 83.0 cm³/mol. The average molecular weight is 261 g/mol. The highest BCUT2D eigenvalue weighted by atomic mass is 28.5. The number of hydrogen-bond donors (Lipinski definition) is 0. The lowest BCUT2D eigenvalue weighted by Crippen LogP contribution is -2.57. The summed E-state index contributed by atoms with van der Waals surface area (Å²) in [7, 11) is -3.05. The molecule has 0 nitrogen and oxygen atoms in total. The van der Waals surface area contributed by atoms with Crippen molar-refractivity contribution < 1.29 is 0 Å². The zero-order valence-corrected chi connectivity index (χ0v) is 15.7. The first-order valence-corrected chi connectivity index (χ1v) is 16.6. The summed E-state index contributed by atoms with van der Waals surface area (Å²) >= 11 is 0. The van der Waals surface area contributed by atoms with Gasteiger partial charge in [-0.3, -0.25) is 0 Å². The molecule has 0 aromatic rings. The molecule has 0 aliphatic rings. The van der Waals surface area contributed by atoms with Gasteiger partial charge in [-0.2, -0.15) is 0 Å². The van der Waals surface area contributed by atoms with E-state index in [-0.39, 0.29) is 0 Å². The Morgan fingerprint density at radius 3 is 0.933 bits per heavy atom. The van der Waals surface area contributed by atoms with Gasteiger partial charge in [-0.05, 0) is 0 Å². The van der Waals surface area contributed by atoms with Crippen LogP contribution in [0.3, 0.4) is 0 Å². The molecule has 15 heavy (non-hydrogen) atoms. The van der Waals surface area contributed by atoms with Crippen LogP contribution < -0.4 is 0 Å². The molecule has 0 radical (unpaired) electrons. The normalized spacial score (nSPS) is 15.2. The standard InChI is InChI=1S/C12H32Si3/c1-11(2)15(9,10)12(13(3,4)5)14(6,7)8/h11-12H,1-10H3. The van der Waals surface area contributed by atoms with Crippen LogP contribution in [-0.4, -0.2) is 24.2 Å². The minimum atomic E-state index is -1.06. The first kappa shape index (κ1) is 15.7. The van der Waals surface area contributed by atoms with Crippen LogP contribution in [0, 0.1) is 0 Å². The van der Waals surface area contributed by atoms with Gasteiger partial charge in [-0.15, -0.1) is 0 Å². The van der Waals surface area contributed by atoms with Crippen LogP contribution in [0.1, 0.15) is 13.8 Å². The van der Waals surface area contributed by atoms with Crippen LogP contribution in [0.2, 0.25) is 62.7 Å². The Morgan fingerprint density at radius 2 is 0.867 bits per heavy atom. The maximum atomic E-state index is 2.64. The summed E-state index contributed by atoms with van der Waals surface area (Å²) < 4.78 is 0. The molecule has 0 saturated heterocycles. The molecule has 0 amide bonds. The second kappa shape index (κ2) is 4.49. The van der Waals surface area contributed by atoms with Crippen LogP contribution in [-0.2, 0) is 0 Å². The first-order chi connectivity index (χ1) is 6.31. The maximum Gasteiger partial charge on any atom is 0.0477 e. The Labute approximate surface area is 101 Å². The van der Waals surface area contributed by atoms with Crippen molar-refractivity contribution in [3.05, 3.63) is 0 Å². The van der Waals surface area contributed by atoms with E-state index in [1.54, 1.807) is 0 Å². The Balaban J connectivity index is 5.33. The first-order valence-electron chi connectivity index (χ1n) is 6.31. The molecule has 0 bridgehead atoms. The second-order valence-corrected chi connectivity index (χ2v) is 25.9. The smallest absolute Gasteiger partial charge is 0.0477 e. The van der Waals surface area contributed by atoms with E-state index < -0.39 is 24.2 Å². The molecule has 0 aromatic carbocycles. The third-order valence-electron chi connectivity index (χ3n) is 3.96. The van der Waals surface area contributed by atoms with Crippen molar-refractivity contribution in [2.75, 3.05) is 0 Å². The molecular weight excluding hydrogens is 228 g/mol. The maximum absolute atomic E-state index is 2.64. The van der Waals surface area contributed by atoms with Gasteiger partial charge in [-0.25, -0.2) is 0 Å². The fraction of sp³-hybridized carbons (Fsp3) is 1.00. The minimum Gasteiger partial charge on any atom is -0.0698 e. The van der Waals surface area contributed by atoms with E-state index in [0.717, 1.165) is 10.3 Å². The highest BCUT2D eigenvalue weighted by Crippen LogP contribution is 2.44. The predicted octanol–water partition coefficient (Wildman–Crippen LogP) is 5.23. The molecule has 92 valence electrons. The summed E-state index contributed by atoms with van der Waals surface area (Å²) in [4.78, 5) is 1.14. The molecule has 0 spiro atoms. The van der Waals surface area contributed by atoms with Crippen LogP contribution >= 0.6 is 0 Å². The summed E-state index contributed by atoms with van der Waals surface area (Å²) in [5.74, 6) is 0. The van der Waals surface area contributed by atoms with E-state index in [4.69, 9.17) is 0 Å². The topological polar surface area (TPSA) is 0 Å². The molecule has 0 heterocycles. The fourth-order valence-corrected chi connectivity index (χ4v) is 34.8. The van der Waals surface area contributed by atoms with E-state index in [1.165, 1.54) is 0 Å². The SMILES string of the molecule is CC(C)[Si](C)(C)C([Si](C)(C)C)[Si](C)(C)C. The van der Waals surface area contributed by atoms with E-state index >= 15 is 0 Å². The monoisotopic (exact) mass is 260 g/mol. The summed E-state index contributed by atoms with van der Waals surface area (Å²) in [5, 5.41) is 0. The van der Waals surface area contributed by atoms with Gasteiger partial charge in [0.05, 0.1) is 0 Å². The molecule has 0 fully saturated rings. The van der Waals surface area contributed by atoms with Crippen LogP contribution in [0.5, 0.6) is 0 Å². The van der Waals surface area contributed by atoms with E-state index in [2.05, 4.69) is 66.2 Å². The van der Waals surface area contributed by atoms with Crippen LogP contribution in [0.4, 0.5) is 0 Å². The molecule has 3 heteroatoms. The van der Waals surface area contributed by atoms with Crippen molar-refractivity contribution >= 4 is 24.2 Å². The third kappa shape index (κ3) is 3.86. The summed E-state index contributed by atoms with van der Waals surface area (Å²) in [5.41, 5.74) is 0.931. The number of hydrogen-bond acceptors (Lipinski definition) is 0. The van der Waals surface area contributed by atoms with E-state index in [1.807, 2.05) is 0 Å². The molecular formula is C12H32Si3. The van der Waals surface area contributed by atoms with Gasteiger partial charge in [-0.1, -0.05) is 76.6 Å².